The van der Waals surface area contributed by atoms with Gasteiger partial charge in [0.05, 0.1) is 6.54 Å². The van der Waals surface area contributed by atoms with Crippen molar-refractivity contribution in [3.63, 3.8) is 0 Å². The molecule has 8 heteroatoms. The number of carbonyl (C=O) groups excluding carboxylic acids is 2. The highest BCUT2D eigenvalue weighted by Gasteiger charge is 2.19. The molecule has 0 bridgehead atoms. The van der Waals surface area contributed by atoms with Crippen LogP contribution < -0.4 is 22.1 Å². The Morgan fingerprint density at radius 3 is 2.20 bits per heavy atom. The smallest absolute Gasteiger partial charge is 0.326 e. The molecule has 7 N–H and O–H groups in total. The van der Waals surface area contributed by atoms with Crippen LogP contribution in [-0.2, 0) is 14.4 Å². The van der Waals surface area contributed by atoms with Gasteiger partial charge in [0.2, 0.25) is 11.8 Å². The van der Waals surface area contributed by atoms with E-state index in [0.717, 1.165) is 0 Å². The second kappa shape index (κ2) is 11.2. The van der Waals surface area contributed by atoms with E-state index < -0.39 is 17.9 Å². The molecule has 0 heterocycles. The molecule has 0 aromatic heterocycles. The fraction of sp³-hybridized carbons (Fsp3) is 0.750. The monoisotopic (exact) mass is 288 g/mol. The summed E-state index contributed by atoms with van der Waals surface area (Å²) >= 11 is 0. The number of carboxylic acids is 1. The summed E-state index contributed by atoms with van der Waals surface area (Å²) in [4.78, 5) is 33.8. The van der Waals surface area contributed by atoms with Gasteiger partial charge in [-0.15, -0.1) is 0 Å². The highest BCUT2D eigenvalue weighted by atomic mass is 16.4. The zero-order valence-corrected chi connectivity index (χ0v) is 11.6. The van der Waals surface area contributed by atoms with Crippen LogP contribution in [0.15, 0.2) is 0 Å². The van der Waals surface area contributed by atoms with Crippen LogP contribution in [0, 0.1) is 0 Å². The van der Waals surface area contributed by atoms with E-state index >= 15 is 0 Å². The van der Waals surface area contributed by atoms with Crippen molar-refractivity contribution in [1.29, 1.82) is 0 Å². The van der Waals surface area contributed by atoms with E-state index in [4.69, 9.17) is 16.6 Å². The van der Waals surface area contributed by atoms with Crippen molar-refractivity contribution >= 4 is 17.8 Å². The standard InChI is InChI=1S/C12H24N4O4/c13-6-2-1-4-9(12(19)20)16-11(18)8-15-10(17)5-3-7-14/h9H,1-8,13-14H2,(H,15,17)(H,16,18)(H,19,20). The van der Waals surface area contributed by atoms with E-state index in [1.54, 1.807) is 0 Å². The summed E-state index contributed by atoms with van der Waals surface area (Å²) in [6.45, 7) is 0.656. The number of hydrogen-bond donors (Lipinski definition) is 5. The Kier molecular flexibility index (Phi) is 10.2. The number of amides is 2. The minimum atomic E-state index is -1.09. The van der Waals surface area contributed by atoms with Crippen LogP contribution in [0.4, 0.5) is 0 Å². The van der Waals surface area contributed by atoms with Crippen LogP contribution in [0.25, 0.3) is 0 Å². The van der Waals surface area contributed by atoms with Gasteiger partial charge in [-0.25, -0.2) is 4.79 Å². The maximum atomic E-state index is 11.5. The quantitative estimate of drug-likeness (QED) is 0.293. The third-order valence-corrected chi connectivity index (χ3v) is 2.63. The summed E-state index contributed by atoms with van der Waals surface area (Å²) < 4.78 is 0. The second-order valence-electron chi connectivity index (χ2n) is 4.41. The molecule has 20 heavy (non-hydrogen) atoms. The van der Waals surface area contributed by atoms with Gasteiger partial charge in [-0.1, -0.05) is 0 Å². The van der Waals surface area contributed by atoms with Crippen molar-refractivity contribution in [3.05, 3.63) is 0 Å². The molecule has 8 nitrogen and oxygen atoms in total. The largest absolute Gasteiger partial charge is 0.480 e. The summed E-state index contributed by atoms with van der Waals surface area (Å²) in [6.07, 6.45) is 2.44. The third-order valence-electron chi connectivity index (χ3n) is 2.63. The van der Waals surface area contributed by atoms with Crippen LogP contribution in [0.1, 0.15) is 32.1 Å². The first kappa shape index (κ1) is 18.3. The lowest BCUT2D eigenvalue weighted by Crippen LogP contribution is -2.45. The van der Waals surface area contributed by atoms with Crippen LogP contribution in [0.5, 0.6) is 0 Å². The Bertz CT molecular complexity index is 323. The number of hydrogen-bond acceptors (Lipinski definition) is 5. The molecule has 0 aliphatic rings. The summed E-state index contributed by atoms with van der Waals surface area (Å²) in [5.74, 6) is -1.89. The first-order valence-corrected chi connectivity index (χ1v) is 6.70. The third kappa shape index (κ3) is 9.29. The zero-order chi connectivity index (χ0) is 15.4. The molecule has 0 radical (unpaired) electrons. The fourth-order valence-electron chi connectivity index (χ4n) is 1.53. The van der Waals surface area contributed by atoms with E-state index in [1.807, 2.05) is 0 Å². The van der Waals surface area contributed by atoms with Gasteiger partial charge in [0.25, 0.3) is 0 Å². The van der Waals surface area contributed by atoms with Crippen molar-refractivity contribution in [2.45, 2.75) is 38.1 Å². The van der Waals surface area contributed by atoms with E-state index in [1.165, 1.54) is 0 Å². The number of nitrogens with two attached hydrogens (primary N) is 2. The summed E-state index contributed by atoms with van der Waals surface area (Å²) in [5, 5.41) is 13.7. The molecule has 1 unspecified atom stereocenters. The molecule has 0 aliphatic carbocycles. The molecule has 1 atom stereocenters. The molecular weight excluding hydrogens is 264 g/mol. The Balaban J connectivity index is 4.00. The minimum absolute atomic E-state index is 0.232. The molecule has 0 spiro atoms. The molecule has 0 rings (SSSR count). The van der Waals surface area contributed by atoms with Crippen molar-refractivity contribution < 1.29 is 19.5 Å². The van der Waals surface area contributed by atoms with E-state index in [2.05, 4.69) is 10.6 Å². The Hall–Kier alpha value is -1.67. The molecule has 2 amide bonds. The summed E-state index contributed by atoms with van der Waals surface area (Å²) in [7, 11) is 0. The van der Waals surface area contributed by atoms with E-state index in [-0.39, 0.29) is 18.9 Å². The molecular formula is C12H24N4O4. The number of unbranched alkanes of at least 4 members (excludes halogenated alkanes) is 1. The van der Waals surface area contributed by atoms with Gasteiger partial charge in [-0.3, -0.25) is 9.59 Å². The summed E-state index contributed by atoms with van der Waals surface area (Å²) in [5.41, 5.74) is 10.6. The van der Waals surface area contributed by atoms with E-state index in [0.29, 0.717) is 38.8 Å². The number of carbonyl (C=O) groups is 3. The van der Waals surface area contributed by atoms with Crippen LogP contribution in [0.2, 0.25) is 0 Å². The average Bonchev–Trinajstić information content (AvgIpc) is 2.41. The minimum Gasteiger partial charge on any atom is -0.480 e. The summed E-state index contributed by atoms with van der Waals surface area (Å²) in [6, 6.07) is -0.949. The Morgan fingerprint density at radius 2 is 1.65 bits per heavy atom. The molecule has 0 aromatic carbocycles. The van der Waals surface area contributed by atoms with Crippen LogP contribution >= 0.6 is 0 Å². The number of nitrogens with one attached hydrogen (secondary N) is 2. The lowest BCUT2D eigenvalue weighted by molar-refractivity contribution is -0.142. The maximum Gasteiger partial charge on any atom is 0.326 e. The molecule has 0 aromatic rings. The van der Waals surface area contributed by atoms with Gasteiger partial charge < -0.3 is 27.2 Å². The zero-order valence-electron chi connectivity index (χ0n) is 11.6. The molecule has 116 valence electrons. The lowest BCUT2D eigenvalue weighted by atomic mass is 10.1. The predicted molar refractivity (Wildman–Crippen MR) is 73.8 cm³/mol. The fourth-order valence-corrected chi connectivity index (χ4v) is 1.53. The van der Waals surface area contributed by atoms with Gasteiger partial charge in [-0.05, 0) is 38.8 Å². The van der Waals surface area contributed by atoms with Crippen LogP contribution in [-0.4, -0.2) is 48.6 Å². The predicted octanol–water partition coefficient (Wildman–Crippen LogP) is -1.46. The number of aliphatic carboxylic acids is 1. The van der Waals surface area contributed by atoms with Gasteiger partial charge in [-0.2, -0.15) is 0 Å². The normalized spacial score (nSPS) is 11.7. The van der Waals surface area contributed by atoms with Gasteiger partial charge in [0, 0.05) is 6.42 Å². The van der Waals surface area contributed by atoms with E-state index in [9.17, 15) is 14.4 Å². The van der Waals surface area contributed by atoms with Gasteiger partial charge in [0.1, 0.15) is 6.04 Å². The number of rotatable bonds is 11. The first-order chi connectivity index (χ1) is 9.51. The van der Waals surface area contributed by atoms with Crippen molar-refractivity contribution in [2.75, 3.05) is 19.6 Å². The lowest BCUT2D eigenvalue weighted by Gasteiger charge is -2.14. The van der Waals surface area contributed by atoms with Gasteiger partial charge >= 0.3 is 5.97 Å². The molecule has 0 saturated heterocycles. The highest BCUT2D eigenvalue weighted by Crippen LogP contribution is 2.00. The van der Waals surface area contributed by atoms with Crippen LogP contribution in [0.3, 0.4) is 0 Å². The maximum absolute atomic E-state index is 11.5. The molecule has 0 fully saturated rings. The topological polar surface area (TPSA) is 148 Å². The molecule has 0 aliphatic heterocycles. The van der Waals surface area contributed by atoms with Crippen molar-refractivity contribution in [1.82, 2.24) is 10.6 Å². The Labute approximate surface area is 118 Å². The Morgan fingerprint density at radius 1 is 1.00 bits per heavy atom. The highest BCUT2D eigenvalue weighted by molar-refractivity contribution is 5.87. The van der Waals surface area contributed by atoms with Gasteiger partial charge in [0.15, 0.2) is 0 Å². The SMILES string of the molecule is NCCCCC(NC(=O)CNC(=O)CCCN)C(=O)O. The average molecular weight is 288 g/mol. The van der Waals surface area contributed by atoms with Crippen molar-refractivity contribution in [3.8, 4) is 0 Å². The van der Waals surface area contributed by atoms with Crippen molar-refractivity contribution in [2.24, 2.45) is 11.5 Å². The molecule has 0 saturated carbocycles. The first-order valence-electron chi connectivity index (χ1n) is 6.70. The second-order valence-corrected chi connectivity index (χ2v) is 4.41. The number of carboxylic acid groups (broad SMARTS) is 1.